The van der Waals surface area contributed by atoms with E-state index in [1.54, 1.807) is 18.2 Å². The van der Waals surface area contributed by atoms with Crippen LogP contribution in [-0.4, -0.2) is 17.6 Å². The van der Waals surface area contributed by atoms with Gasteiger partial charge in [-0.25, -0.2) is 0 Å². The van der Waals surface area contributed by atoms with Crippen molar-refractivity contribution in [3.05, 3.63) is 23.8 Å². The Labute approximate surface area is 101 Å². The van der Waals surface area contributed by atoms with Crippen LogP contribution in [-0.2, 0) is 11.4 Å². The number of anilines is 1. The van der Waals surface area contributed by atoms with Gasteiger partial charge in [0.15, 0.2) is 0 Å². The summed E-state index contributed by atoms with van der Waals surface area (Å²) < 4.78 is 5.66. The molecule has 0 saturated heterocycles. The van der Waals surface area contributed by atoms with Gasteiger partial charge in [0.1, 0.15) is 5.75 Å². The highest BCUT2D eigenvalue weighted by molar-refractivity contribution is 5.88. The molecule has 17 heavy (non-hydrogen) atoms. The lowest BCUT2D eigenvalue weighted by molar-refractivity contribution is -0.114. The van der Waals surface area contributed by atoms with Crippen LogP contribution < -0.4 is 10.1 Å². The minimum atomic E-state index is -0.116. The smallest absolute Gasteiger partial charge is 0.221 e. The third-order valence-electron chi connectivity index (χ3n) is 2.73. The van der Waals surface area contributed by atoms with Crippen molar-refractivity contribution in [3.8, 4) is 5.75 Å². The highest BCUT2D eigenvalue weighted by Gasteiger charge is 2.22. The normalized spacial score (nSPS) is 14.5. The Balaban J connectivity index is 2.09. The van der Waals surface area contributed by atoms with E-state index in [1.165, 1.54) is 19.8 Å². The van der Waals surface area contributed by atoms with E-state index in [0.717, 1.165) is 5.56 Å². The van der Waals surface area contributed by atoms with E-state index in [-0.39, 0.29) is 12.5 Å². The molecule has 92 valence electrons. The zero-order valence-corrected chi connectivity index (χ0v) is 9.90. The second-order valence-electron chi connectivity index (χ2n) is 4.42. The van der Waals surface area contributed by atoms with Crippen molar-refractivity contribution in [2.75, 3.05) is 11.9 Å². The highest BCUT2D eigenvalue weighted by Crippen LogP contribution is 2.31. The van der Waals surface area contributed by atoms with Gasteiger partial charge in [-0.15, -0.1) is 0 Å². The van der Waals surface area contributed by atoms with E-state index in [2.05, 4.69) is 5.32 Å². The lowest BCUT2D eigenvalue weighted by atomic mass is 10.2. The van der Waals surface area contributed by atoms with Gasteiger partial charge in [-0.2, -0.15) is 0 Å². The van der Waals surface area contributed by atoms with Gasteiger partial charge in [-0.05, 0) is 24.8 Å². The molecule has 0 heterocycles. The molecule has 1 saturated carbocycles. The van der Waals surface area contributed by atoms with E-state index in [0.29, 0.717) is 24.0 Å². The number of benzene rings is 1. The summed E-state index contributed by atoms with van der Waals surface area (Å²) >= 11 is 0. The summed E-state index contributed by atoms with van der Waals surface area (Å²) in [5.41, 5.74) is 1.44. The van der Waals surface area contributed by atoms with Gasteiger partial charge < -0.3 is 15.2 Å². The van der Waals surface area contributed by atoms with E-state index >= 15 is 0 Å². The molecular weight excluding hydrogens is 218 g/mol. The van der Waals surface area contributed by atoms with Crippen LogP contribution in [0.15, 0.2) is 18.2 Å². The van der Waals surface area contributed by atoms with Crippen molar-refractivity contribution in [1.82, 2.24) is 0 Å². The maximum absolute atomic E-state index is 11.0. The SMILES string of the molecule is CC(=O)Nc1ccc(CO)c(OCC2CC2)c1. The number of aliphatic hydroxyl groups is 1. The summed E-state index contributed by atoms with van der Waals surface area (Å²) in [4.78, 5) is 11.0. The lowest BCUT2D eigenvalue weighted by Gasteiger charge is -2.12. The molecule has 0 bridgehead atoms. The number of hydrogen-bond donors (Lipinski definition) is 2. The van der Waals surface area contributed by atoms with Gasteiger partial charge in [0.2, 0.25) is 5.91 Å². The third kappa shape index (κ3) is 3.46. The number of nitrogens with one attached hydrogen (secondary N) is 1. The van der Waals surface area contributed by atoms with Gasteiger partial charge in [0.05, 0.1) is 13.2 Å². The number of ether oxygens (including phenoxy) is 1. The van der Waals surface area contributed by atoms with Gasteiger partial charge >= 0.3 is 0 Å². The molecule has 1 aromatic rings. The van der Waals surface area contributed by atoms with Crippen molar-refractivity contribution in [2.45, 2.75) is 26.4 Å². The van der Waals surface area contributed by atoms with Crippen LogP contribution in [0.2, 0.25) is 0 Å². The van der Waals surface area contributed by atoms with Crippen LogP contribution in [0.4, 0.5) is 5.69 Å². The minimum Gasteiger partial charge on any atom is -0.493 e. The topological polar surface area (TPSA) is 58.6 Å². The maximum Gasteiger partial charge on any atom is 0.221 e. The molecule has 1 aromatic carbocycles. The van der Waals surface area contributed by atoms with E-state index in [4.69, 9.17) is 4.74 Å². The standard InChI is InChI=1S/C13H17NO3/c1-9(16)14-12-5-4-11(7-15)13(6-12)17-8-10-2-3-10/h4-6,10,15H,2-3,7-8H2,1H3,(H,14,16). The molecule has 1 fully saturated rings. The average Bonchev–Trinajstić information content (AvgIpc) is 3.09. The molecule has 0 spiro atoms. The van der Waals surface area contributed by atoms with Gasteiger partial charge in [0, 0.05) is 24.2 Å². The zero-order valence-electron chi connectivity index (χ0n) is 9.90. The van der Waals surface area contributed by atoms with Crippen LogP contribution in [0.5, 0.6) is 5.75 Å². The average molecular weight is 235 g/mol. The van der Waals surface area contributed by atoms with Crippen LogP contribution in [0.25, 0.3) is 0 Å². The molecule has 4 heteroatoms. The number of aliphatic hydroxyl groups excluding tert-OH is 1. The molecule has 2 rings (SSSR count). The molecule has 0 aromatic heterocycles. The first-order valence-electron chi connectivity index (χ1n) is 5.83. The van der Waals surface area contributed by atoms with E-state index in [1.807, 2.05) is 0 Å². The van der Waals surface area contributed by atoms with Crippen LogP contribution >= 0.6 is 0 Å². The first-order chi connectivity index (χ1) is 8.19. The number of carbonyl (C=O) groups is 1. The summed E-state index contributed by atoms with van der Waals surface area (Å²) in [7, 11) is 0. The third-order valence-corrected chi connectivity index (χ3v) is 2.73. The van der Waals surface area contributed by atoms with Crippen molar-refractivity contribution >= 4 is 11.6 Å². The van der Waals surface area contributed by atoms with Crippen molar-refractivity contribution < 1.29 is 14.6 Å². The zero-order chi connectivity index (χ0) is 12.3. The predicted molar refractivity (Wildman–Crippen MR) is 64.9 cm³/mol. The molecule has 0 atom stereocenters. The Kier molecular flexibility index (Phi) is 3.64. The summed E-state index contributed by atoms with van der Waals surface area (Å²) in [6.45, 7) is 2.10. The Hall–Kier alpha value is -1.55. The molecular formula is C13H17NO3. The molecule has 1 aliphatic carbocycles. The fourth-order valence-corrected chi connectivity index (χ4v) is 1.59. The molecule has 2 N–H and O–H groups in total. The van der Waals surface area contributed by atoms with Gasteiger partial charge in [0.25, 0.3) is 0 Å². The Morgan fingerprint density at radius 2 is 2.29 bits per heavy atom. The van der Waals surface area contributed by atoms with Crippen LogP contribution in [0.1, 0.15) is 25.3 Å². The molecule has 0 aliphatic heterocycles. The first-order valence-corrected chi connectivity index (χ1v) is 5.83. The van der Waals surface area contributed by atoms with Crippen LogP contribution in [0.3, 0.4) is 0 Å². The van der Waals surface area contributed by atoms with E-state index in [9.17, 15) is 9.90 Å². The summed E-state index contributed by atoms with van der Waals surface area (Å²) in [6.07, 6.45) is 2.44. The summed E-state index contributed by atoms with van der Waals surface area (Å²) in [5.74, 6) is 1.20. The highest BCUT2D eigenvalue weighted by atomic mass is 16.5. The Morgan fingerprint density at radius 3 is 2.88 bits per heavy atom. The Bertz CT molecular complexity index is 413. The number of hydrogen-bond acceptors (Lipinski definition) is 3. The van der Waals surface area contributed by atoms with Crippen molar-refractivity contribution in [3.63, 3.8) is 0 Å². The molecule has 1 amide bonds. The van der Waals surface area contributed by atoms with Crippen molar-refractivity contribution in [1.29, 1.82) is 0 Å². The number of rotatable bonds is 5. The predicted octanol–water partition coefficient (Wildman–Crippen LogP) is 1.93. The quantitative estimate of drug-likeness (QED) is 0.819. The molecule has 4 nitrogen and oxygen atoms in total. The fraction of sp³-hybridized carbons (Fsp3) is 0.462. The molecule has 0 radical (unpaired) electrons. The van der Waals surface area contributed by atoms with Gasteiger partial charge in [-0.3, -0.25) is 4.79 Å². The molecule has 0 unspecified atom stereocenters. The summed E-state index contributed by atoms with van der Waals surface area (Å²) in [6, 6.07) is 5.29. The first kappa shape index (κ1) is 11.9. The number of amides is 1. The maximum atomic E-state index is 11.0. The largest absolute Gasteiger partial charge is 0.493 e. The fourth-order valence-electron chi connectivity index (χ4n) is 1.59. The second-order valence-corrected chi connectivity index (χ2v) is 4.42. The lowest BCUT2D eigenvalue weighted by Crippen LogP contribution is -2.07. The number of carbonyl (C=O) groups excluding carboxylic acids is 1. The van der Waals surface area contributed by atoms with Crippen molar-refractivity contribution in [2.24, 2.45) is 5.92 Å². The monoisotopic (exact) mass is 235 g/mol. The minimum absolute atomic E-state index is 0.0552. The van der Waals surface area contributed by atoms with Crippen LogP contribution in [0, 0.1) is 5.92 Å². The summed E-state index contributed by atoms with van der Waals surface area (Å²) in [5, 5.41) is 11.9. The Morgan fingerprint density at radius 1 is 1.53 bits per heavy atom. The van der Waals surface area contributed by atoms with Gasteiger partial charge in [-0.1, -0.05) is 6.07 Å². The second kappa shape index (κ2) is 5.19. The van der Waals surface area contributed by atoms with E-state index < -0.39 is 0 Å². The molecule has 1 aliphatic rings.